The van der Waals surface area contributed by atoms with E-state index in [0.29, 0.717) is 6.04 Å². The van der Waals surface area contributed by atoms with Crippen molar-refractivity contribution in [2.45, 2.75) is 33.2 Å². The quantitative estimate of drug-likeness (QED) is 0.707. The molecule has 0 aliphatic rings. The average Bonchev–Trinajstić information content (AvgIpc) is 2.59. The fourth-order valence-corrected chi connectivity index (χ4v) is 1.72. The topological polar surface area (TPSA) is 17.8 Å². The highest BCUT2D eigenvalue weighted by atomic mass is 15.0. The van der Waals surface area contributed by atoms with Crippen molar-refractivity contribution in [3.63, 3.8) is 0 Å². The molecule has 0 aliphatic heterocycles. The van der Waals surface area contributed by atoms with Gasteiger partial charge in [-0.05, 0) is 38.0 Å². The third-order valence-corrected chi connectivity index (χ3v) is 2.59. The molecule has 0 spiro atoms. The second kappa shape index (κ2) is 3.45. The fourth-order valence-electron chi connectivity index (χ4n) is 1.72. The Bertz CT molecular complexity index is 441. The van der Waals surface area contributed by atoms with E-state index in [9.17, 15) is 0 Å². The summed E-state index contributed by atoms with van der Waals surface area (Å²) in [5.74, 6) is 0. The van der Waals surface area contributed by atoms with Gasteiger partial charge in [-0.2, -0.15) is 0 Å². The van der Waals surface area contributed by atoms with Crippen LogP contribution < -0.4 is 0 Å². The molecule has 0 N–H and O–H groups in total. The van der Waals surface area contributed by atoms with Gasteiger partial charge in [-0.15, -0.1) is 0 Å². The Morgan fingerprint density at radius 2 is 2.21 bits per heavy atom. The average molecular weight is 188 g/mol. The fraction of sp³-hybridized carbons (Fsp3) is 0.417. The maximum absolute atomic E-state index is 4.43. The summed E-state index contributed by atoms with van der Waals surface area (Å²) in [5, 5.41) is 0. The molecule has 0 aliphatic carbocycles. The van der Waals surface area contributed by atoms with Gasteiger partial charge in [0.15, 0.2) is 0 Å². The molecule has 2 nitrogen and oxygen atoms in total. The molecule has 2 aromatic rings. The third-order valence-electron chi connectivity index (χ3n) is 2.59. The minimum absolute atomic E-state index is 0.501. The van der Waals surface area contributed by atoms with E-state index in [2.05, 4.69) is 48.7 Å². The number of aryl methyl sites for hydroxylation is 1. The van der Waals surface area contributed by atoms with E-state index in [4.69, 9.17) is 0 Å². The zero-order valence-electron chi connectivity index (χ0n) is 8.99. The van der Waals surface area contributed by atoms with E-state index < -0.39 is 0 Å². The number of fused-ring (bicyclic) bond motifs is 1. The number of nitrogens with zero attached hydrogens (tertiary/aromatic N) is 2. The number of hydrogen-bond acceptors (Lipinski definition) is 1. The van der Waals surface area contributed by atoms with Crippen molar-refractivity contribution in [2.75, 3.05) is 0 Å². The van der Waals surface area contributed by atoms with E-state index in [1.807, 2.05) is 6.20 Å². The summed E-state index contributed by atoms with van der Waals surface area (Å²) in [5.41, 5.74) is 3.65. The molecule has 0 radical (unpaired) electrons. The smallest absolute Gasteiger partial charge is 0.0881 e. The van der Waals surface area contributed by atoms with E-state index in [-0.39, 0.29) is 0 Å². The molecular weight excluding hydrogens is 172 g/mol. The first-order valence-corrected chi connectivity index (χ1v) is 5.18. The summed E-state index contributed by atoms with van der Waals surface area (Å²) in [6.07, 6.45) is 5.13. The van der Waals surface area contributed by atoms with Crippen molar-refractivity contribution in [2.24, 2.45) is 0 Å². The van der Waals surface area contributed by atoms with Gasteiger partial charge in [-0.25, -0.2) is 0 Å². The van der Waals surface area contributed by atoms with Gasteiger partial charge in [0.2, 0.25) is 0 Å². The SMILES string of the molecule is CCc1cnc2ccn(C(C)C)c2c1. The molecule has 0 saturated heterocycles. The van der Waals surface area contributed by atoms with Crippen molar-refractivity contribution in [3.05, 3.63) is 30.1 Å². The molecule has 74 valence electrons. The Hall–Kier alpha value is -1.31. The molecular formula is C12H16N2. The van der Waals surface area contributed by atoms with Gasteiger partial charge in [0, 0.05) is 18.4 Å². The summed E-state index contributed by atoms with van der Waals surface area (Å²) in [7, 11) is 0. The van der Waals surface area contributed by atoms with Crippen molar-refractivity contribution in [1.29, 1.82) is 0 Å². The van der Waals surface area contributed by atoms with E-state index in [1.165, 1.54) is 11.1 Å². The predicted molar refractivity (Wildman–Crippen MR) is 59.5 cm³/mol. The molecule has 0 atom stereocenters. The lowest BCUT2D eigenvalue weighted by molar-refractivity contribution is 0.622. The van der Waals surface area contributed by atoms with E-state index in [1.54, 1.807) is 0 Å². The van der Waals surface area contributed by atoms with Crippen LogP contribution in [0.4, 0.5) is 0 Å². The summed E-state index contributed by atoms with van der Waals surface area (Å²) in [6.45, 7) is 6.54. The van der Waals surface area contributed by atoms with Crippen molar-refractivity contribution >= 4 is 11.0 Å². The summed E-state index contributed by atoms with van der Waals surface area (Å²) >= 11 is 0. The molecule has 2 rings (SSSR count). The van der Waals surface area contributed by atoms with Gasteiger partial charge in [-0.3, -0.25) is 4.98 Å². The zero-order chi connectivity index (χ0) is 10.1. The molecule has 0 bridgehead atoms. The largest absolute Gasteiger partial charge is 0.344 e. The number of aromatic nitrogens is 2. The standard InChI is InChI=1S/C12H16N2/c1-4-10-7-12-11(13-8-10)5-6-14(12)9(2)3/h5-9H,4H2,1-3H3. The van der Waals surface area contributed by atoms with Gasteiger partial charge in [-0.1, -0.05) is 6.92 Å². The van der Waals surface area contributed by atoms with Crippen LogP contribution in [0.2, 0.25) is 0 Å². The van der Waals surface area contributed by atoms with Gasteiger partial charge in [0.1, 0.15) is 0 Å². The first-order chi connectivity index (χ1) is 6.72. The summed E-state index contributed by atoms with van der Waals surface area (Å²) < 4.78 is 2.27. The molecule has 0 aromatic carbocycles. The first kappa shape index (κ1) is 9.25. The Balaban J connectivity index is 2.63. The van der Waals surface area contributed by atoms with Crippen LogP contribution in [-0.4, -0.2) is 9.55 Å². The third kappa shape index (κ3) is 1.41. The predicted octanol–water partition coefficient (Wildman–Crippen LogP) is 3.18. The zero-order valence-corrected chi connectivity index (χ0v) is 8.99. The number of pyridine rings is 1. The van der Waals surface area contributed by atoms with Crippen LogP contribution >= 0.6 is 0 Å². The Morgan fingerprint density at radius 1 is 1.43 bits per heavy atom. The minimum Gasteiger partial charge on any atom is -0.344 e. The summed E-state index contributed by atoms with van der Waals surface area (Å²) in [6, 6.07) is 4.82. The van der Waals surface area contributed by atoms with E-state index in [0.717, 1.165) is 11.9 Å². The molecule has 0 saturated carbocycles. The van der Waals surface area contributed by atoms with Crippen molar-refractivity contribution in [3.8, 4) is 0 Å². The number of rotatable bonds is 2. The molecule has 2 aromatic heterocycles. The van der Waals surface area contributed by atoms with Crippen LogP contribution in [0.5, 0.6) is 0 Å². The van der Waals surface area contributed by atoms with Crippen LogP contribution in [0, 0.1) is 0 Å². The lowest BCUT2D eigenvalue weighted by atomic mass is 10.2. The molecule has 2 heteroatoms. The normalized spacial score (nSPS) is 11.4. The van der Waals surface area contributed by atoms with Gasteiger partial charge < -0.3 is 4.57 Å². The Morgan fingerprint density at radius 3 is 2.86 bits per heavy atom. The Kier molecular flexibility index (Phi) is 2.28. The van der Waals surface area contributed by atoms with Crippen LogP contribution in [-0.2, 0) is 6.42 Å². The van der Waals surface area contributed by atoms with Crippen LogP contribution in [0.25, 0.3) is 11.0 Å². The molecule has 2 heterocycles. The van der Waals surface area contributed by atoms with E-state index >= 15 is 0 Å². The highest BCUT2D eigenvalue weighted by Crippen LogP contribution is 2.19. The molecule has 0 amide bonds. The number of hydrogen-bond donors (Lipinski definition) is 0. The second-order valence-electron chi connectivity index (χ2n) is 3.92. The second-order valence-corrected chi connectivity index (χ2v) is 3.92. The maximum atomic E-state index is 4.43. The van der Waals surface area contributed by atoms with Gasteiger partial charge in [0.25, 0.3) is 0 Å². The molecule has 14 heavy (non-hydrogen) atoms. The molecule has 0 unspecified atom stereocenters. The van der Waals surface area contributed by atoms with Gasteiger partial charge in [0.05, 0.1) is 11.0 Å². The Labute approximate surface area is 84.6 Å². The molecule has 0 fully saturated rings. The lowest BCUT2D eigenvalue weighted by Crippen LogP contribution is -1.98. The first-order valence-electron chi connectivity index (χ1n) is 5.18. The van der Waals surface area contributed by atoms with Gasteiger partial charge >= 0.3 is 0 Å². The van der Waals surface area contributed by atoms with Crippen LogP contribution in [0.1, 0.15) is 32.4 Å². The lowest BCUT2D eigenvalue weighted by Gasteiger charge is -2.09. The van der Waals surface area contributed by atoms with Crippen LogP contribution in [0.3, 0.4) is 0 Å². The monoisotopic (exact) mass is 188 g/mol. The maximum Gasteiger partial charge on any atom is 0.0881 e. The van der Waals surface area contributed by atoms with Crippen LogP contribution in [0.15, 0.2) is 24.5 Å². The highest BCUT2D eigenvalue weighted by molar-refractivity contribution is 5.76. The summed E-state index contributed by atoms with van der Waals surface area (Å²) in [4.78, 5) is 4.43. The van der Waals surface area contributed by atoms with Crippen molar-refractivity contribution in [1.82, 2.24) is 9.55 Å². The minimum atomic E-state index is 0.501. The van der Waals surface area contributed by atoms with Crippen molar-refractivity contribution < 1.29 is 0 Å². The highest BCUT2D eigenvalue weighted by Gasteiger charge is 2.04.